The van der Waals surface area contributed by atoms with Gasteiger partial charge >= 0.3 is 5.97 Å². The van der Waals surface area contributed by atoms with Crippen LogP contribution in [0.4, 0.5) is 11.5 Å². The molecule has 36 heavy (non-hydrogen) atoms. The molecule has 2 aromatic rings. The van der Waals surface area contributed by atoms with Gasteiger partial charge in [-0.2, -0.15) is 0 Å². The molecule has 192 valence electrons. The van der Waals surface area contributed by atoms with Crippen molar-refractivity contribution in [2.45, 2.75) is 59.4 Å². The molecular weight excluding hydrogens is 458 g/mol. The third kappa shape index (κ3) is 4.31. The number of ether oxygens (including phenoxy) is 1. The zero-order chi connectivity index (χ0) is 26.6. The lowest BCUT2D eigenvalue weighted by atomic mass is 9.91. The van der Waals surface area contributed by atoms with Crippen LogP contribution in [0.3, 0.4) is 0 Å². The van der Waals surface area contributed by atoms with E-state index in [0.29, 0.717) is 43.1 Å². The number of nitrogens with zero attached hydrogens (tertiary/aromatic N) is 5. The standard InChI is InChI=1S/C27H35N5O4/c1-16-13-21(28-17(2)22(16)25(35)36-8)30-11-12-32(27(6,7)15-30)24(34)19-9-10-20-23(29-19)26(4,5)14-31(20)18(3)33/h9-10,13H,11-12,14-15H2,1-8H3. The van der Waals surface area contributed by atoms with E-state index in [-0.39, 0.29) is 17.2 Å². The number of hydrogen-bond acceptors (Lipinski definition) is 7. The summed E-state index contributed by atoms with van der Waals surface area (Å²) in [5.74, 6) is 0.232. The number of pyridine rings is 2. The second kappa shape index (κ2) is 8.87. The van der Waals surface area contributed by atoms with Crippen molar-refractivity contribution in [3.8, 4) is 0 Å². The Balaban J connectivity index is 1.57. The Labute approximate surface area is 212 Å². The monoisotopic (exact) mass is 493 g/mol. The molecule has 0 N–H and O–H groups in total. The topological polar surface area (TPSA) is 95.9 Å². The predicted molar refractivity (Wildman–Crippen MR) is 138 cm³/mol. The number of amides is 2. The molecule has 0 spiro atoms. The molecule has 0 radical (unpaired) electrons. The SMILES string of the molecule is COC(=O)c1c(C)cc(N2CCN(C(=O)c3ccc4c(n3)C(C)(C)CN4C(C)=O)C(C)(C)C2)nc1C. The van der Waals surface area contributed by atoms with Crippen LogP contribution < -0.4 is 9.80 Å². The molecule has 2 amide bonds. The fourth-order valence-electron chi connectivity index (χ4n) is 5.37. The van der Waals surface area contributed by atoms with Gasteiger partial charge in [-0.3, -0.25) is 9.59 Å². The minimum atomic E-state index is -0.485. The Morgan fingerprint density at radius 2 is 1.69 bits per heavy atom. The Kier molecular flexibility index (Phi) is 6.31. The molecule has 0 saturated carbocycles. The number of methoxy groups -OCH3 is 1. The van der Waals surface area contributed by atoms with Gasteiger partial charge in [0.05, 0.1) is 35.3 Å². The number of hydrogen-bond donors (Lipinski definition) is 0. The number of aromatic nitrogens is 2. The zero-order valence-electron chi connectivity index (χ0n) is 22.4. The van der Waals surface area contributed by atoms with Crippen LogP contribution in [0.1, 0.15) is 72.4 Å². The minimum Gasteiger partial charge on any atom is -0.465 e. The van der Waals surface area contributed by atoms with Gasteiger partial charge in [-0.15, -0.1) is 0 Å². The molecule has 2 aromatic heterocycles. The van der Waals surface area contributed by atoms with Crippen molar-refractivity contribution in [3.63, 3.8) is 0 Å². The molecule has 0 unspecified atom stereocenters. The average molecular weight is 494 g/mol. The number of carbonyl (C=O) groups is 3. The fraction of sp³-hybridized carbons (Fsp3) is 0.519. The van der Waals surface area contributed by atoms with Gasteiger partial charge in [0.15, 0.2) is 0 Å². The third-order valence-electron chi connectivity index (χ3n) is 7.20. The van der Waals surface area contributed by atoms with Gasteiger partial charge in [-0.1, -0.05) is 13.8 Å². The largest absolute Gasteiger partial charge is 0.465 e. The van der Waals surface area contributed by atoms with Gasteiger partial charge in [0.2, 0.25) is 5.91 Å². The summed E-state index contributed by atoms with van der Waals surface area (Å²) in [7, 11) is 1.37. The number of rotatable bonds is 3. The summed E-state index contributed by atoms with van der Waals surface area (Å²) in [5, 5.41) is 0. The quantitative estimate of drug-likeness (QED) is 0.606. The van der Waals surface area contributed by atoms with E-state index < -0.39 is 11.5 Å². The van der Waals surface area contributed by atoms with Crippen molar-refractivity contribution >= 4 is 29.3 Å². The van der Waals surface area contributed by atoms with Crippen LogP contribution in [0.25, 0.3) is 0 Å². The molecule has 0 aromatic carbocycles. The van der Waals surface area contributed by atoms with Crippen LogP contribution in [0, 0.1) is 13.8 Å². The molecule has 1 fully saturated rings. The normalized spacial score (nSPS) is 18.2. The van der Waals surface area contributed by atoms with E-state index in [1.54, 1.807) is 17.9 Å². The molecule has 9 heteroatoms. The van der Waals surface area contributed by atoms with Crippen molar-refractivity contribution in [2.75, 3.05) is 43.1 Å². The van der Waals surface area contributed by atoms with E-state index >= 15 is 0 Å². The molecule has 0 bridgehead atoms. The lowest BCUT2D eigenvalue weighted by Crippen LogP contribution is -2.61. The maximum Gasteiger partial charge on any atom is 0.339 e. The highest BCUT2D eigenvalue weighted by molar-refractivity contribution is 5.97. The summed E-state index contributed by atoms with van der Waals surface area (Å²) >= 11 is 0. The lowest BCUT2D eigenvalue weighted by Gasteiger charge is -2.47. The number of fused-ring (bicyclic) bond motifs is 1. The van der Waals surface area contributed by atoms with Crippen molar-refractivity contribution in [1.29, 1.82) is 0 Å². The maximum atomic E-state index is 13.6. The Hall–Kier alpha value is -3.49. The van der Waals surface area contributed by atoms with Crippen LogP contribution >= 0.6 is 0 Å². The van der Waals surface area contributed by atoms with E-state index in [2.05, 4.69) is 9.88 Å². The summed E-state index contributed by atoms with van der Waals surface area (Å²) in [6.45, 7) is 15.6. The van der Waals surface area contributed by atoms with Crippen LogP contribution in [0.5, 0.6) is 0 Å². The van der Waals surface area contributed by atoms with Gasteiger partial charge in [-0.05, 0) is 51.5 Å². The smallest absolute Gasteiger partial charge is 0.339 e. The summed E-state index contributed by atoms with van der Waals surface area (Å²) in [6.07, 6.45) is 0. The van der Waals surface area contributed by atoms with Crippen molar-refractivity contribution in [2.24, 2.45) is 0 Å². The highest BCUT2D eigenvalue weighted by atomic mass is 16.5. The molecule has 0 aliphatic carbocycles. The number of anilines is 2. The third-order valence-corrected chi connectivity index (χ3v) is 7.20. The minimum absolute atomic E-state index is 0.0290. The van der Waals surface area contributed by atoms with Crippen molar-refractivity contribution in [3.05, 3.63) is 46.4 Å². The van der Waals surface area contributed by atoms with Gasteiger partial charge in [0.1, 0.15) is 11.5 Å². The fourth-order valence-corrected chi connectivity index (χ4v) is 5.37. The zero-order valence-corrected chi connectivity index (χ0v) is 22.4. The maximum absolute atomic E-state index is 13.6. The Morgan fingerprint density at radius 1 is 1.00 bits per heavy atom. The molecule has 1 saturated heterocycles. The van der Waals surface area contributed by atoms with E-state index in [1.165, 1.54) is 7.11 Å². The molecule has 9 nitrogen and oxygen atoms in total. The highest BCUT2D eigenvalue weighted by Crippen LogP contribution is 2.39. The van der Waals surface area contributed by atoms with Gasteiger partial charge in [-0.25, -0.2) is 14.8 Å². The first-order valence-corrected chi connectivity index (χ1v) is 12.2. The Bertz CT molecular complexity index is 1230. The molecule has 2 aliphatic heterocycles. The molecule has 4 heterocycles. The second-order valence-corrected chi connectivity index (χ2v) is 11.0. The van der Waals surface area contributed by atoms with E-state index in [9.17, 15) is 14.4 Å². The van der Waals surface area contributed by atoms with Gasteiger partial charge in [0.25, 0.3) is 5.91 Å². The summed E-state index contributed by atoms with van der Waals surface area (Å²) in [5.41, 5.74) is 3.05. The number of carbonyl (C=O) groups excluding carboxylic acids is 3. The van der Waals surface area contributed by atoms with E-state index in [0.717, 1.165) is 22.8 Å². The number of aryl methyl sites for hydroxylation is 2. The molecule has 2 aliphatic rings. The summed E-state index contributed by atoms with van der Waals surface area (Å²) in [6, 6.07) is 5.46. The lowest BCUT2D eigenvalue weighted by molar-refractivity contribution is -0.116. The molecule has 0 atom stereocenters. The predicted octanol–water partition coefficient (Wildman–Crippen LogP) is 3.27. The first-order valence-electron chi connectivity index (χ1n) is 12.2. The van der Waals surface area contributed by atoms with Crippen molar-refractivity contribution in [1.82, 2.24) is 14.9 Å². The second-order valence-electron chi connectivity index (χ2n) is 11.0. The number of esters is 1. The van der Waals surface area contributed by atoms with E-state index in [4.69, 9.17) is 9.72 Å². The van der Waals surface area contributed by atoms with Crippen LogP contribution in [-0.2, 0) is 14.9 Å². The van der Waals surface area contributed by atoms with Gasteiger partial charge < -0.3 is 19.4 Å². The average Bonchev–Trinajstić information content (AvgIpc) is 3.07. The molecule has 4 rings (SSSR count). The number of piperazine rings is 1. The highest BCUT2D eigenvalue weighted by Gasteiger charge is 2.41. The van der Waals surface area contributed by atoms with Gasteiger partial charge in [0, 0.05) is 38.5 Å². The van der Waals surface area contributed by atoms with Crippen molar-refractivity contribution < 1.29 is 19.1 Å². The first kappa shape index (κ1) is 25.6. The molecular formula is C27H35N5O4. The summed E-state index contributed by atoms with van der Waals surface area (Å²) in [4.78, 5) is 53.0. The van der Waals surface area contributed by atoms with Crippen LogP contribution in [0.2, 0.25) is 0 Å². The van der Waals surface area contributed by atoms with Crippen LogP contribution in [-0.4, -0.2) is 71.5 Å². The van der Waals surface area contributed by atoms with E-state index in [1.807, 2.05) is 58.6 Å². The summed E-state index contributed by atoms with van der Waals surface area (Å²) < 4.78 is 4.89. The first-order chi connectivity index (χ1) is 16.8. The van der Waals surface area contributed by atoms with Crippen LogP contribution in [0.15, 0.2) is 18.2 Å². The Morgan fingerprint density at radius 3 is 2.28 bits per heavy atom.